The van der Waals surface area contributed by atoms with Crippen LogP contribution >= 0.6 is 24.0 Å². The van der Waals surface area contributed by atoms with Crippen molar-refractivity contribution in [2.24, 2.45) is 0 Å². The molecule has 1 N–H and O–H groups in total. The minimum absolute atomic E-state index is 0. The molecule has 0 atom stereocenters. The molecule has 0 aliphatic carbocycles. The second kappa shape index (κ2) is 11.0. The van der Waals surface area contributed by atoms with Gasteiger partial charge in [0.15, 0.2) is 11.5 Å². The average Bonchev–Trinajstić information content (AvgIpc) is 3.20. The van der Waals surface area contributed by atoms with Crippen LogP contribution in [0.2, 0.25) is 5.02 Å². The summed E-state index contributed by atoms with van der Waals surface area (Å²) in [4.78, 5) is 0. The van der Waals surface area contributed by atoms with Crippen LogP contribution in [0, 0.1) is 0 Å². The van der Waals surface area contributed by atoms with Crippen molar-refractivity contribution < 1.29 is 18.6 Å². The van der Waals surface area contributed by atoms with Crippen molar-refractivity contribution in [2.45, 2.75) is 13.0 Å². The molecule has 3 aromatic rings. The highest BCUT2D eigenvalue weighted by Gasteiger charge is 2.08. The standard InChI is InChI=1S/C22H24ClNO4.ClH/c1-25-20-8-5-16(13-18(20)23)19-9-6-17(28-19)14-24-11-10-15-4-7-21(26-2)22(12-15)27-3;/h4-9,12-13,24H,10-11,14H2,1-3H3;1H. The van der Waals surface area contributed by atoms with Crippen LogP contribution in [-0.4, -0.2) is 27.9 Å². The highest BCUT2D eigenvalue weighted by atomic mass is 35.5. The molecule has 0 aliphatic rings. The van der Waals surface area contributed by atoms with E-state index in [0.717, 1.165) is 41.5 Å². The normalized spacial score (nSPS) is 10.3. The highest BCUT2D eigenvalue weighted by molar-refractivity contribution is 6.32. The van der Waals surface area contributed by atoms with E-state index in [1.165, 1.54) is 5.56 Å². The fraction of sp³-hybridized carbons (Fsp3) is 0.273. The lowest BCUT2D eigenvalue weighted by molar-refractivity contribution is 0.354. The lowest BCUT2D eigenvalue weighted by atomic mass is 10.1. The topological polar surface area (TPSA) is 52.9 Å². The molecule has 0 amide bonds. The smallest absolute Gasteiger partial charge is 0.160 e. The van der Waals surface area contributed by atoms with Crippen molar-refractivity contribution in [2.75, 3.05) is 27.9 Å². The van der Waals surface area contributed by atoms with Crippen molar-refractivity contribution in [1.29, 1.82) is 0 Å². The van der Waals surface area contributed by atoms with E-state index < -0.39 is 0 Å². The highest BCUT2D eigenvalue weighted by Crippen LogP contribution is 2.31. The van der Waals surface area contributed by atoms with Crippen molar-refractivity contribution in [3.63, 3.8) is 0 Å². The number of hydrogen-bond donors (Lipinski definition) is 1. The Morgan fingerprint density at radius 2 is 1.59 bits per heavy atom. The van der Waals surface area contributed by atoms with Crippen molar-refractivity contribution in [3.8, 4) is 28.6 Å². The summed E-state index contributed by atoms with van der Waals surface area (Å²) < 4.78 is 21.7. The van der Waals surface area contributed by atoms with Gasteiger partial charge in [0.25, 0.3) is 0 Å². The first-order valence-electron chi connectivity index (χ1n) is 8.99. The predicted molar refractivity (Wildman–Crippen MR) is 118 cm³/mol. The molecule has 0 fully saturated rings. The summed E-state index contributed by atoms with van der Waals surface area (Å²) in [6, 6.07) is 15.5. The minimum Gasteiger partial charge on any atom is -0.495 e. The van der Waals surface area contributed by atoms with E-state index in [2.05, 4.69) is 5.32 Å². The Hall–Kier alpha value is -2.34. The van der Waals surface area contributed by atoms with Gasteiger partial charge in [0.05, 0.1) is 32.9 Å². The van der Waals surface area contributed by atoms with Crippen LogP contribution in [0.15, 0.2) is 52.9 Å². The lowest BCUT2D eigenvalue weighted by Crippen LogP contribution is -2.16. The van der Waals surface area contributed by atoms with E-state index in [9.17, 15) is 0 Å². The first-order chi connectivity index (χ1) is 13.6. The van der Waals surface area contributed by atoms with Crippen LogP contribution in [0.4, 0.5) is 0 Å². The summed E-state index contributed by atoms with van der Waals surface area (Å²) in [7, 11) is 4.88. The maximum absolute atomic E-state index is 6.19. The van der Waals surface area contributed by atoms with Crippen LogP contribution in [0.3, 0.4) is 0 Å². The monoisotopic (exact) mass is 437 g/mol. The second-order valence-corrected chi connectivity index (χ2v) is 6.64. The molecule has 0 aliphatic heterocycles. The first kappa shape index (κ1) is 22.9. The number of nitrogens with one attached hydrogen (secondary N) is 1. The maximum Gasteiger partial charge on any atom is 0.160 e. The Kier molecular flexibility index (Phi) is 8.70. The van der Waals surface area contributed by atoms with E-state index in [0.29, 0.717) is 17.3 Å². The molecule has 29 heavy (non-hydrogen) atoms. The molecule has 7 heteroatoms. The largest absolute Gasteiger partial charge is 0.495 e. The first-order valence-corrected chi connectivity index (χ1v) is 9.36. The molecule has 2 aromatic carbocycles. The molecule has 1 aromatic heterocycles. The number of furan rings is 1. The number of rotatable bonds is 9. The van der Waals surface area contributed by atoms with Gasteiger partial charge in [0.2, 0.25) is 0 Å². The predicted octanol–water partition coefficient (Wildman–Crippen LogP) is 5.38. The van der Waals surface area contributed by atoms with E-state index in [4.69, 9.17) is 30.2 Å². The van der Waals surface area contributed by atoms with Gasteiger partial charge >= 0.3 is 0 Å². The fourth-order valence-corrected chi connectivity index (χ4v) is 3.19. The summed E-state index contributed by atoms with van der Waals surface area (Å²) in [6.07, 6.45) is 0.877. The zero-order valence-electron chi connectivity index (χ0n) is 16.7. The van der Waals surface area contributed by atoms with Crippen LogP contribution in [0.1, 0.15) is 11.3 Å². The zero-order chi connectivity index (χ0) is 19.9. The Morgan fingerprint density at radius 1 is 0.862 bits per heavy atom. The molecule has 0 saturated carbocycles. The Bertz CT molecular complexity index is 927. The molecular weight excluding hydrogens is 413 g/mol. The Balaban J connectivity index is 0.00000300. The van der Waals surface area contributed by atoms with Gasteiger partial charge in [-0.1, -0.05) is 17.7 Å². The van der Waals surface area contributed by atoms with Crippen LogP contribution in [0.5, 0.6) is 17.2 Å². The number of ether oxygens (including phenoxy) is 3. The maximum atomic E-state index is 6.19. The molecule has 0 radical (unpaired) electrons. The van der Waals surface area contributed by atoms with Gasteiger partial charge in [-0.05, 0) is 61.0 Å². The van der Waals surface area contributed by atoms with E-state index in [1.807, 2.05) is 48.5 Å². The van der Waals surface area contributed by atoms with Gasteiger partial charge in [-0.2, -0.15) is 0 Å². The zero-order valence-corrected chi connectivity index (χ0v) is 18.2. The van der Waals surface area contributed by atoms with Gasteiger partial charge in [0, 0.05) is 5.56 Å². The molecule has 0 unspecified atom stereocenters. The minimum atomic E-state index is 0. The summed E-state index contributed by atoms with van der Waals surface area (Å²) >= 11 is 6.19. The van der Waals surface area contributed by atoms with E-state index in [1.54, 1.807) is 21.3 Å². The number of benzene rings is 2. The second-order valence-electron chi connectivity index (χ2n) is 6.23. The Morgan fingerprint density at radius 3 is 2.28 bits per heavy atom. The molecule has 0 spiro atoms. The third-order valence-corrected chi connectivity index (χ3v) is 4.73. The molecule has 156 valence electrons. The van der Waals surface area contributed by atoms with Gasteiger partial charge in [-0.25, -0.2) is 0 Å². The molecule has 1 heterocycles. The SMILES string of the molecule is COc1ccc(-c2ccc(CNCCc3ccc(OC)c(OC)c3)o2)cc1Cl.Cl. The molecular formula is C22H25Cl2NO4. The van der Waals surface area contributed by atoms with E-state index >= 15 is 0 Å². The van der Waals surface area contributed by atoms with Crippen LogP contribution in [-0.2, 0) is 13.0 Å². The van der Waals surface area contributed by atoms with Gasteiger partial charge in [-0.15, -0.1) is 12.4 Å². The third-order valence-electron chi connectivity index (χ3n) is 4.44. The van der Waals surface area contributed by atoms with Gasteiger partial charge < -0.3 is 23.9 Å². The summed E-state index contributed by atoms with van der Waals surface area (Å²) in [5, 5.41) is 3.96. The number of hydrogen-bond acceptors (Lipinski definition) is 5. The summed E-state index contributed by atoms with van der Waals surface area (Å²) in [5.74, 6) is 3.78. The summed E-state index contributed by atoms with van der Waals surface area (Å²) in [6.45, 7) is 1.47. The van der Waals surface area contributed by atoms with Gasteiger partial charge in [0.1, 0.15) is 17.3 Å². The summed E-state index contributed by atoms with van der Waals surface area (Å²) in [5.41, 5.74) is 2.10. The lowest BCUT2D eigenvalue weighted by Gasteiger charge is -2.09. The quantitative estimate of drug-likeness (QED) is 0.455. The van der Waals surface area contributed by atoms with E-state index in [-0.39, 0.29) is 12.4 Å². The van der Waals surface area contributed by atoms with Crippen LogP contribution in [0.25, 0.3) is 11.3 Å². The van der Waals surface area contributed by atoms with Crippen molar-refractivity contribution >= 4 is 24.0 Å². The molecule has 5 nitrogen and oxygen atoms in total. The molecule has 0 bridgehead atoms. The van der Waals surface area contributed by atoms with Crippen LogP contribution < -0.4 is 19.5 Å². The molecule has 3 rings (SSSR count). The average molecular weight is 438 g/mol. The number of halogens is 2. The number of methoxy groups -OCH3 is 3. The van der Waals surface area contributed by atoms with Crippen molar-refractivity contribution in [3.05, 3.63) is 64.9 Å². The van der Waals surface area contributed by atoms with Gasteiger partial charge in [-0.3, -0.25) is 0 Å². The third kappa shape index (κ3) is 5.82. The molecule has 0 saturated heterocycles. The van der Waals surface area contributed by atoms with Crippen molar-refractivity contribution in [1.82, 2.24) is 5.32 Å². The Labute approximate surface area is 182 Å². The fourth-order valence-electron chi connectivity index (χ4n) is 2.93.